The predicted molar refractivity (Wildman–Crippen MR) is 66.8 cm³/mol. The van der Waals surface area contributed by atoms with Gasteiger partial charge >= 0.3 is 5.97 Å². The molecule has 0 radical (unpaired) electrons. The van der Waals surface area contributed by atoms with Gasteiger partial charge in [0.15, 0.2) is 0 Å². The topological polar surface area (TPSA) is 63.3 Å². The van der Waals surface area contributed by atoms with Crippen molar-refractivity contribution in [2.24, 2.45) is 11.7 Å². The maximum Gasteiger partial charge on any atom is 0.306 e. The van der Waals surface area contributed by atoms with Gasteiger partial charge < -0.3 is 10.8 Å². The number of aliphatic carboxylic acids is 1. The third-order valence-electron chi connectivity index (χ3n) is 2.43. The molecule has 0 aliphatic heterocycles. The normalized spacial score (nSPS) is 11.6. The number of carboxylic acids is 1. The predicted octanol–water partition coefficient (Wildman–Crippen LogP) is 2.09. The van der Waals surface area contributed by atoms with Crippen molar-refractivity contribution in [2.45, 2.75) is 19.3 Å². The molecule has 0 aliphatic rings. The van der Waals surface area contributed by atoms with E-state index in [1.54, 1.807) is 0 Å². The summed E-state index contributed by atoms with van der Waals surface area (Å²) in [5.41, 5.74) is 6.45. The first-order chi connectivity index (χ1) is 7.24. The Morgan fingerprint density at radius 3 is 2.44 bits per heavy atom. The second-order valence-corrected chi connectivity index (χ2v) is 3.66. The van der Waals surface area contributed by atoms with E-state index in [9.17, 15) is 4.79 Å². The van der Waals surface area contributed by atoms with Crippen LogP contribution in [0.5, 0.6) is 0 Å². The van der Waals surface area contributed by atoms with Crippen LogP contribution in [0.3, 0.4) is 0 Å². The van der Waals surface area contributed by atoms with Crippen molar-refractivity contribution >= 4 is 18.4 Å². The van der Waals surface area contributed by atoms with Gasteiger partial charge in [-0.1, -0.05) is 30.3 Å². The van der Waals surface area contributed by atoms with Crippen LogP contribution < -0.4 is 5.73 Å². The Balaban J connectivity index is 0.00000225. The van der Waals surface area contributed by atoms with Gasteiger partial charge in [0.1, 0.15) is 0 Å². The summed E-state index contributed by atoms with van der Waals surface area (Å²) < 4.78 is 0. The second kappa shape index (κ2) is 8.13. The van der Waals surface area contributed by atoms with E-state index >= 15 is 0 Å². The Hall–Kier alpha value is -1.06. The fourth-order valence-corrected chi connectivity index (χ4v) is 1.58. The van der Waals surface area contributed by atoms with Crippen LogP contribution in [0.2, 0.25) is 0 Å². The Bertz CT molecular complexity index is 303. The minimum Gasteiger partial charge on any atom is -0.481 e. The van der Waals surface area contributed by atoms with E-state index < -0.39 is 5.97 Å². The largest absolute Gasteiger partial charge is 0.481 e. The number of carbonyl (C=O) groups is 1. The van der Waals surface area contributed by atoms with Gasteiger partial charge in [-0.15, -0.1) is 12.4 Å². The van der Waals surface area contributed by atoms with E-state index in [4.69, 9.17) is 10.8 Å². The van der Waals surface area contributed by atoms with Crippen LogP contribution in [0, 0.1) is 5.92 Å². The lowest BCUT2D eigenvalue weighted by Gasteiger charge is -2.11. The number of carboxylic acid groups (broad SMARTS) is 1. The lowest BCUT2D eigenvalue weighted by Crippen LogP contribution is -2.17. The van der Waals surface area contributed by atoms with Gasteiger partial charge in [0.25, 0.3) is 0 Å². The number of rotatable bonds is 6. The molecule has 0 aliphatic carbocycles. The van der Waals surface area contributed by atoms with Gasteiger partial charge in [0.2, 0.25) is 0 Å². The number of hydrogen-bond donors (Lipinski definition) is 2. The Kier molecular flexibility index (Phi) is 7.60. The minimum absolute atomic E-state index is 0. The summed E-state index contributed by atoms with van der Waals surface area (Å²) in [4.78, 5) is 11.0. The molecule has 0 amide bonds. The summed E-state index contributed by atoms with van der Waals surface area (Å²) in [5, 5.41) is 9.02. The van der Waals surface area contributed by atoms with Crippen LogP contribution in [0.25, 0.3) is 0 Å². The second-order valence-electron chi connectivity index (χ2n) is 3.66. The Morgan fingerprint density at radius 1 is 1.31 bits per heavy atom. The molecule has 0 heterocycles. The Morgan fingerprint density at radius 2 is 1.94 bits per heavy atom. The van der Waals surface area contributed by atoms with E-state index in [1.165, 1.54) is 0 Å². The van der Waals surface area contributed by atoms with E-state index in [-0.39, 0.29) is 18.3 Å². The molecule has 16 heavy (non-hydrogen) atoms. The van der Waals surface area contributed by atoms with Crippen LogP contribution in [0.4, 0.5) is 0 Å². The van der Waals surface area contributed by atoms with Crippen molar-refractivity contribution in [1.82, 2.24) is 0 Å². The summed E-state index contributed by atoms with van der Waals surface area (Å²) in [6.07, 6.45) is 2.01. The third kappa shape index (κ3) is 5.14. The molecule has 1 unspecified atom stereocenters. The van der Waals surface area contributed by atoms with Gasteiger partial charge in [0, 0.05) is 0 Å². The highest BCUT2D eigenvalue weighted by atomic mass is 35.5. The van der Waals surface area contributed by atoms with Crippen molar-refractivity contribution in [3.8, 4) is 0 Å². The van der Waals surface area contributed by atoms with Crippen molar-refractivity contribution in [3.05, 3.63) is 35.9 Å². The molecule has 1 aromatic rings. The molecule has 0 aromatic heterocycles. The highest BCUT2D eigenvalue weighted by molar-refractivity contribution is 5.85. The van der Waals surface area contributed by atoms with E-state index in [2.05, 4.69) is 0 Å². The molecule has 0 saturated carbocycles. The molecule has 3 nitrogen and oxygen atoms in total. The molecular weight excluding hydrogens is 226 g/mol. The summed E-state index contributed by atoms with van der Waals surface area (Å²) in [5.74, 6) is -1.04. The molecule has 1 atom stereocenters. The van der Waals surface area contributed by atoms with Crippen LogP contribution in [-0.2, 0) is 11.2 Å². The van der Waals surface area contributed by atoms with Crippen LogP contribution >= 0.6 is 12.4 Å². The van der Waals surface area contributed by atoms with Gasteiger partial charge in [-0.2, -0.15) is 0 Å². The maximum atomic E-state index is 11.0. The maximum absolute atomic E-state index is 11.0. The van der Waals surface area contributed by atoms with Gasteiger partial charge in [-0.05, 0) is 31.4 Å². The van der Waals surface area contributed by atoms with Crippen LogP contribution in [0.15, 0.2) is 30.3 Å². The number of benzene rings is 1. The molecule has 0 bridgehead atoms. The standard InChI is InChI=1S/C12H17NO2.ClH/c13-8-4-7-11(12(14)15)9-10-5-2-1-3-6-10;/h1-3,5-6,11H,4,7-9,13H2,(H,14,15);1H. The van der Waals surface area contributed by atoms with E-state index in [0.717, 1.165) is 12.0 Å². The number of halogens is 1. The SMILES string of the molecule is Cl.NCCCC(Cc1ccccc1)C(=O)O. The first kappa shape index (κ1) is 14.9. The summed E-state index contributed by atoms with van der Waals surface area (Å²) in [6.45, 7) is 0.554. The fourth-order valence-electron chi connectivity index (χ4n) is 1.58. The van der Waals surface area contributed by atoms with E-state index in [1.807, 2.05) is 30.3 Å². The van der Waals surface area contributed by atoms with Crippen molar-refractivity contribution < 1.29 is 9.90 Å². The van der Waals surface area contributed by atoms with Crippen molar-refractivity contribution in [1.29, 1.82) is 0 Å². The molecule has 0 fully saturated rings. The van der Waals surface area contributed by atoms with Gasteiger partial charge in [-0.25, -0.2) is 0 Å². The average molecular weight is 244 g/mol. The van der Waals surface area contributed by atoms with Crippen LogP contribution in [-0.4, -0.2) is 17.6 Å². The monoisotopic (exact) mass is 243 g/mol. The van der Waals surface area contributed by atoms with Crippen molar-refractivity contribution in [3.63, 3.8) is 0 Å². The number of hydrogen-bond acceptors (Lipinski definition) is 2. The zero-order valence-corrected chi connectivity index (χ0v) is 9.95. The summed E-state index contributed by atoms with van der Waals surface area (Å²) in [7, 11) is 0. The fraction of sp³-hybridized carbons (Fsp3) is 0.417. The lowest BCUT2D eigenvalue weighted by molar-refractivity contribution is -0.141. The number of nitrogens with two attached hydrogens (primary N) is 1. The van der Waals surface area contributed by atoms with Crippen LogP contribution in [0.1, 0.15) is 18.4 Å². The Labute approximate surface area is 102 Å². The molecule has 4 heteroatoms. The average Bonchev–Trinajstić information content (AvgIpc) is 2.25. The van der Waals surface area contributed by atoms with Gasteiger partial charge in [0.05, 0.1) is 5.92 Å². The zero-order chi connectivity index (χ0) is 11.1. The molecule has 0 saturated heterocycles. The molecule has 0 spiro atoms. The lowest BCUT2D eigenvalue weighted by atomic mass is 9.95. The van der Waals surface area contributed by atoms with Crippen molar-refractivity contribution in [2.75, 3.05) is 6.54 Å². The first-order valence-electron chi connectivity index (χ1n) is 5.21. The van der Waals surface area contributed by atoms with Gasteiger partial charge in [-0.3, -0.25) is 4.79 Å². The summed E-state index contributed by atoms with van der Waals surface area (Å²) in [6, 6.07) is 9.70. The highest BCUT2D eigenvalue weighted by Gasteiger charge is 2.16. The first-order valence-corrected chi connectivity index (χ1v) is 5.21. The molecule has 3 N–H and O–H groups in total. The summed E-state index contributed by atoms with van der Waals surface area (Å²) >= 11 is 0. The smallest absolute Gasteiger partial charge is 0.306 e. The third-order valence-corrected chi connectivity index (χ3v) is 2.43. The zero-order valence-electron chi connectivity index (χ0n) is 9.13. The molecule has 90 valence electrons. The minimum atomic E-state index is -0.729. The molecule has 1 rings (SSSR count). The highest BCUT2D eigenvalue weighted by Crippen LogP contribution is 2.14. The van der Waals surface area contributed by atoms with E-state index in [0.29, 0.717) is 19.4 Å². The molecular formula is C12H18ClNO2. The quantitative estimate of drug-likeness (QED) is 0.804. The molecule has 1 aromatic carbocycles.